The van der Waals surface area contributed by atoms with Crippen LogP contribution in [0.4, 0.5) is 5.69 Å². The van der Waals surface area contributed by atoms with Gasteiger partial charge in [-0.15, -0.1) is 34.9 Å². The number of hydrogen-bond acceptors (Lipinski definition) is 3. The van der Waals surface area contributed by atoms with Gasteiger partial charge in [-0.2, -0.15) is 0 Å². The predicted octanol–water partition coefficient (Wildman–Crippen LogP) is 5.84. The molecular formula is C21H23BrN2OS. The van der Waals surface area contributed by atoms with Gasteiger partial charge in [-0.05, 0) is 60.9 Å². The van der Waals surface area contributed by atoms with Gasteiger partial charge in [0.25, 0.3) is 0 Å². The third-order valence-electron chi connectivity index (χ3n) is 4.29. The Kier molecular flexibility index (Phi) is 7.00. The maximum atomic E-state index is 5.25. The minimum atomic E-state index is 0. The first-order valence-electron chi connectivity index (χ1n) is 8.18. The number of nitrogens with zero attached hydrogens (tertiary/aromatic N) is 2. The quantitative estimate of drug-likeness (QED) is 0.467. The minimum absolute atomic E-state index is 0. The molecule has 0 fully saturated rings. The molecule has 3 rings (SSSR count). The van der Waals surface area contributed by atoms with E-state index in [4.69, 9.17) is 9.73 Å². The first-order chi connectivity index (χ1) is 12.1. The highest BCUT2D eigenvalue weighted by atomic mass is 79.9. The lowest BCUT2D eigenvalue weighted by molar-refractivity contribution is 0.415. The average Bonchev–Trinajstić information content (AvgIpc) is 3.02. The van der Waals surface area contributed by atoms with E-state index in [9.17, 15) is 0 Å². The summed E-state index contributed by atoms with van der Waals surface area (Å²) in [6.07, 6.45) is 1.90. The predicted molar refractivity (Wildman–Crippen MR) is 116 cm³/mol. The van der Waals surface area contributed by atoms with Gasteiger partial charge in [0.2, 0.25) is 0 Å². The molecule has 0 aliphatic rings. The zero-order chi connectivity index (χ0) is 17.8. The van der Waals surface area contributed by atoms with Crippen LogP contribution in [0, 0.1) is 13.8 Å². The van der Waals surface area contributed by atoms with Crippen LogP contribution >= 0.6 is 28.3 Å². The largest absolute Gasteiger partial charge is 0.497 e. The Morgan fingerprint density at radius 3 is 2.54 bits per heavy atom. The van der Waals surface area contributed by atoms with Gasteiger partial charge in [0.05, 0.1) is 18.5 Å². The molecule has 0 aliphatic heterocycles. The Morgan fingerprint density at radius 1 is 1.15 bits per heavy atom. The third-order valence-corrected chi connectivity index (χ3v) is 5.15. The summed E-state index contributed by atoms with van der Waals surface area (Å²) >= 11 is 1.65. The molecule has 3 aromatic rings. The number of halogens is 1. The van der Waals surface area contributed by atoms with Crippen LogP contribution in [0.15, 0.2) is 65.5 Å². The number of thiazole rings is 1. The Balaban J connectivity index is 0.00000243. The third kappa shape index (κ3) is 4.17. The van der Waals surface area contributed by atoms with Crippen molar-refractivity contribution in [2.75, 3.05) is 7.11 Å². The van der Waals surface area contributed by atoms with Crippen molar-refractivity contribution in [3.8, 4) is 17.0 Å². The molecule has 0 radical (unpaired) electrons. The highest BCUT2D eigenvalue weighted by molar-refractivity contribution is 8.93. The zero-order valence-electron chi connectivity index (χ0n) is 15.2. The van der Waals surface area contributed by atoms with E-state index in [2.05, 4.69) is 60.7 Å². The fraction of sp³-hybridized carbons (Fsp3) is 0.190. The molecule has 0 saturated heterocycles. The highest BCUT2D eigenvalue weighted by Crippen LogP contribution is 2.25. The van der Waals surface area contributed by atoms with Crippen molar-refractivity contribution in [2.24, 2.45) is 4.99 Å². The molecule has 0 N–H and O–H groups in total. The topological polar surface area (TPSA) is 26.5 Å². The van der Waals surface area contributed by atoms with Crippen molar-refractivity contribution in [1.29, 1.82) is 0 Å². The van der Waals surface area contributed by atoms with Crippen LogP contribution in [0.5, 0.6) is 5.75 Å². The molecule has 2 aromatic carbocycles. The molecule has 0 saturated carbocycles. The van der Waals surface area contributed by atoms with E-state index in [-0.39, 0.29) is 17.0 Å². The summed E-state index contributed by atoms with van der Waals surface area (Å²) in [7, 11) is 1.68. The Labute approximate surface area is 169 Å². The van der Waals surface area contributed by atoms with Gasteiger partial charge in [-0.1, -0.05) is 18.2 Å². The van der Waals surface area contributed by atoms with Gasteiger partial charge in [-0.3, -0.25) is 0 Å². The molecule has 0 amide bonds. The van der Waals surface area contributed by atoms with Crippen LogP contribution < -0.4 is 9.54 Å². The smallest absolute Gasteiger partial charge is 0.190 e. The van der Waals surface area contributed by atoms with Crippen LogP contribution in [0.1, 0.15) is 11.1 Å². The summed E-state index contributed by atoms with van der Waals surface area (Å²) in [5.41, 5.74) is 5.76. The second-order valence-electron chi connectivity index (χ2n) is 5.86. The van der Waals surface area contributed by atoms with E-state index in [0.717, 1.165) is 27.5 Å². The number of aromatic nitrogens is 1. The van der Waals surface area contributed by atoms with Gasteiger partial charge in [-0.25, -0.2) is 4.99 Å². The number of rotatable bonds is 5. The second-order valence-corrected chi connectivity index (χ2v) is 6.70. The average molecular weight is 431 g/mol. The Morgan fingerprint density at radius 2 is 1.88 bits per heavy atom. The van der Waals surface area contributed by atoms with E-state index in [0.29, 0.717) is 6.54 Å². The molecule has 0 atom stereocenters. The van der Waals surface area contributed by atoms with Gasteiger partial charge in [0.15, 0.2) is 4.80 Å². The molecule has 3 nitrogen and oxygen atoms in total. The van der Waals surface area contributed by atoms with Crippen molar-refractivity contribution in [1.82, 2.24) is 4.57 Å². The van der Waals surface area contributed by atoms with E-state index in [1.807, 2.05) is 18.2 Å². The summed E-state index contributed by atoms with van der Waals surface area (Å²) in [6, 6.07) is 14.3. The van der Waals surface area contributed by atoms with Crippen molar-refractivity contribution in [3.05, 3.63) is 76.4 Å². The van der Waals surface area contributed by atoms with Gasteiger partial charge < -0.3 is 9.30 Å². The first kappa shape index (κ1) is 20.2. The van der Waals surface area contributed by atoms with Crippen LogP contribution in [-0.2, 0) is 6.54 Å². The number of ether oxygens (including phenoxy) is 1. The van der Waals surface area contributed by atoms with Crippen molar-refractivity contribution in [2.45, 2.75) is 20.4 Å². The zero-order valence-corrected chi connectivity index (χ0v) is 17.8. The van der Waals surface area contributed by atoms with Crippen LogP contribution in [0.25, 0.3) is 11.3 Å². The maximum Gasteiger partial charge on any atom is 0.190 e. The molecule has 0 spiro atoms. The first-order valence-corrected chi connectivity index (χ1v) is 9.06. The lowest BCUT2D eigenvalue weighted by Crippen LogP contribution is -2.14. The molecule has 1 heterocycles. The standard InChI is InChI=1S/C21H22N2OS.BrH/c1-5-13-23-20(17-9-11-18(24-4)12-10-17)14-25-21(23)22-19-8-6-7-15(2)16(19)3;/h5-12,14H,1,13H2,2-4H3;1H. The fourth-order valence-corrected chi connectivity index (χ4v) is 3.61. The summed E-state index contributed by atoms with van der Waals surface area (Å²) in [5, 5.41) is 2.15. The van der Waals surface area contributed by atoms with Crippen molar-refractivity contribution in [3.63, 3.8) is 0 Å². The minimum Gasteiger partial charge on any atom is -0.497 e. The molecule has 0 bridgehead atoms. The summed E-state index contributed by atoms with van der Waals surface area (Å²) < 4.78 is 7.45. The number of methoxy groups -OCH3 is 1. The van der Waals surface area contributed by atoms with Crippen molar-refractivity contribution >= 4 is 34.0 Å². The monoisotopic (exact) mass is 430 g/mol. The lowest BCUT2D eigenvalue weighted by Gasteiger charge is -2.08. The maximum absolute atomic E-state index is 5.25. The van der Waals surface area contributed by atoms with E-state index in [1.54, 1.807) is 18.4 Å². The molecule has 26 heavy (non-hydrogen) atoms. The highest BCUT2D eigenvalue weighted by Gasteiger charge is 2.08. The summed E-state index contributed by atoms with van der Waals surface area (Å²) in [6.45, 7) is 8.85. The number of hydrogen-bond donors (Lipinski definition) is 0. The van der Waals surface area contributed by atoms with Crippen LogP contribution in [0.3, 0.4) is 0 Å². The van der Waals surface area contributed by atoms with Crippen molar-refractivity contribution < 1.29 is 4.74 Å². The lowest BCUT2D eigenvalue weighted by atomic mass is 10.1. The van der Waals surface area contributed by atoms with Gasteiger partial charge >= 0.3 is 0 Å². The van der Waals surface area contributed by atoms with E-state index >= 15 is 0 Å². The molecule has 0 aliphatic carbocycles. The molecule has 136 valence electrons. The number of aryl methyl sites for hydroxylation is 1. The second kappa shape index (κ2) is 9.01. The molecule has 5 heteroatoms. The molecule has 0 unspecified atom stereocenters. The molecule has 1 aromatic heterocycles. The Hall–Kier alpha value is -2.11. The number of allylic oxidation sites excluding steroid dienone is 1. The van der Waals surface area contributed by atoms with Gasteiger partial charge in [0, 0.05) is 11.9 Å². The normalized spacial score (nSPS) is 11.1. The van der Waals surface area contributed by atoms with Crippen LogP contribution in [-0.4, -0.2) is 11.7 Å². The SMILES string of the molecule is Br.C=CCn1c(-c2ccc(OC)cc2)csc1=Nc1cccc(C)c1C. The summed E-state index contributed by atoms with van der Waals surface area (Å²) in [5.74, 6) is 0.856. The Bertz CT molecular complexity index is 955. The van der Waals surface area contributed by atoms with Crippen LogP contribution in [0.2, 0.25) is 0 Å². The number of benzene rings is 2. The van der Waals surface area contributed by atoms with Gasteiger partial charge in [0.1, 0.15) is 5.75 Å². The van der Waals surface area contributed by atoms with E-state index < -0.39 is 0 Å². The molecular weight excluding hydrogens is 408 g/mol. The fourth-order valence-electron chi connectivity index (χ4n) is 2.68. The summed E-state index contributed by atoms with van der Waals surface area (Å²) in [4.78, 5) is 5.88. The van der Waals surface area contributed by atoms with E-state index in [1.165, 1.54) is 11.1 Å².